The highest BCUT2D eigenvalue weighted by atomic mass is 16.5. The van der Waals surface area contributed by atoms with Crippen LogP contribution < -0.4 is 0 Å². The third kappa shape index (κ3) is 3.80. The molecule has 6 nitrogen and oxygen atoms in total. The summed E-state index contributed by atoms with van der Waals surface area (Å²) < 4.78 is 5.08. The fourth-order valence-electron chi connectivity index (χ4n) is 4.36. The number of fused-ring (bicyclic) bond motifs is 1. The lowest BCUT2D eigenvalue weighted by Gasteiger charge is -2.47. The third-order valence-corrected chi connectivity index (χ3v) is 5.65. The van der Waals surface area contributed by atoms with Crippen LogP contribution in [0.4, 0.5) is 0 Å². The molecule has 0 saturated carbocycles. The van der Waals surface area contributed by atoms with E-state index in [4.69, 9.17) is 4.52 Å². The van der Waals surface area contributed by atoms with E-state index in [1.165, 1.54) is 5.56 Å². The molecule has 3 heterocycles. The first-order valence-corrected chi connectivity index (χ1v) is 9.54. The predicted molar refractivity (Wildman–Crippen MR) is 97.3 cm³/mol. The summed E-state index contributed by atoms with van der Waals surface area (Å²) in [5.74, 6) is 2.24. The van der Waals surface area contributed by atoms with Gasteiger partial charge in [0.15, 0.2) is 5.82 Å². The first kappa shape index (κ1) is 17.2. The van der Waals surface area contributed by atoms with Crippen LogP contribution in [0.25, 0.3) is 0 Å². The Morgan fingerprint density at radius 3 is 2.85 bits per heavy atom. The zero-order chi connectivity index (χ0) is 17.9. The van der Waals surface area contributed by atoms with E-state index in [1.54, 1.807) is 0 Å². The Bertz CT molecular complexity index is 745. The number of aryl methyl sites for hydroxylation is 1. The lowest BCUT2D eigenvalue weighted by Crippen LogP contribution is -2.56. The zero-order valence-electron chi connectivity index (χ0n) is 15.3. The number of nitrogens with zero attached hydrogens (tertiary/aromatic N) is 4. The van der Waals surface area contributed by atoms with Crippen molar-refractivity contribution in [3.8, 4) is 0 Å². The van der Waals surface area contributed by atoms with Gasteiger partial charge in [0.25, 0.3) is 0 Å². The molecule has 2 saturated heterocycles. The molecule has 0 spiro atoms. The van der Waals surface area contributed by atoms with Gasteiger partial charge in [-0.05, 0) is 30.7 Å². The van der Waals surface area contributed by atoms with Crippen molar-refractivity contribution < 1.29 is 9.32 Å². The second kappa shape index (κ2) is 7.58. The Balaban J connectivity index is 1.37. The van der Waals surface area contributed by atoms with Gasteiger partial charge in [0.1, 0.15) is 0 Å². The van der Waals surface area contributed by atoms with Crippen LogP contribution in [0.1, 0.15) is 36.5 Å². The molecule has 26 heavy (non-hydrogen) atoms. The minimum absolute atomic E-state index is 0.324. The summed E-state index contributed by atoms with van der Waals surface area (Å²) in [6.07, 6.45) is 3.63. The average molecular weight is 354 g/mol. The van der Waals surface area contributed by atoms with Crippen LogP contribution in [-0.2, 0) is 17.8 Å². The maximum Gasteiger partial charge on any atom is 0.223 e. The summed E-state index contributed by atoms with van der Waals surface area (Å²) in [5, 5.41) is 4.01. The summed E-state index contributed by atoms with van der Waals surface area (Å²) >= 11 is 0. The van der Waals surface area contributed by atoms with Gasteiger partial charge in [0.2, 0.25) is 11.8 Å². The molecule has 0 bridgehead atoms. The monoisotopic (exact) mass is 354 g/mol. The number of piperidine rings is 2. The van der Waals surface area contributed by atoms with Gasteiger partial charge in [-0.15, -0.1) is 0 Å². The molecule has 2 aromatic rings. The van der Waals surface area contributed by atoms with Crippen molar-refractivity contribution in [3.63, 3.8) is 0 Å². The minimum Gasteiger partial charge on any atom is -0.340 e. The van der Waals surface area contributed by atoms with E-state index in [9.17, 15) is 4.79 Å². The average Bonchev–Trinajstić information content (AvgIpc) is 3.06. The lowest BCUT2D eigenvalue weighted by molar-refractivity contribution is -0.141. The third-order valence-electron chi connectivity index (χ3n) is 5.65. The molecule has 0 radical (unpaired) electrons. The minimum atomic E-state index is 0.324. The molecule has 138 valence electrons. The van der Waals surface area contributed by atoms with Gasteiger partial charge in [-0.1, -0.05) is 35.5 Å². The summed E-state index contributed by atoms with van der Waals surface area (Å²) in [5.41, 5.74) is 1.30. The molecule has 2 fully saturated rings. The van der Waals surface area contributed by atoms with Crippen molar-refractivity contribution in [2.45, 2.75) is 45.2 Å². The predicted octanol–water partition coefficient (Wildman–Crippen LogP) is 2.43. The van der Waals surface area contributed by atoms with Gasteiger partial charge in [0, 0.05) is 39.0 Å². The molecule has 1 aromatic carbocycles. The van der Waals surface area contributed by atoms with Crippen molar-refractivity contribution in [3.05, 3.63) is 47.6 Å². The van der Waals surface area contributed by atoms with Crippen LogP contribution in [0.3, 0.4) is 0 Å². The normalized spacial score (nSPS) is 23.9. The topological polar surface area (TPSA) is 62.5 Å². The van der Waals surface area contributed by atoms with Crippen molar-refractivity contribution >= 4 is 5.91 Å². The number of carbonyl (C=O) groups excluding carboxylic acids is 1. The summed E-state index contributed by atoms with van der Waals surface area (Å²) in [4.78, 5) is 21.4. The van der Waals surface area contributed by atoms with Gasteiger partial charge in [0.05, 0.1) is 6.54 Å². The van der Waals surface area contributed by atoms with Crippen molar-refractivity contribution in [2.24, 2.45) is 5.92 Å². The molecule has 2 unspecified atom stereocenters. The maximum absolute atomic E-state index is 12.5. The van der Waals surface area contributed by atoms with E-state index in [1.807, 2.05) is 13.0 Å². The van der Waals surface area contributed by atoms with E-state index in [0.717, 1.165) is 51.3 Å². The molecule has 6 heteroatoms. The summed E-state index contributed by atoms with van der Waals surface area (Å²) in [6, 6.07) is 10.8. The van der Waals surface area contributed by atoms with E-state index < -0.39 is 0 Å². The van der Waals surface area contributed by atoms with E-state index in [-0.39, 0.29) is 0 Å². The van der Waals surface area contributed by atoms with Gasteiger partial charge in [-0.2, -0.15) is 4.98 Å². The fourth-order valence-corrected chi connectivity index (χ4v) is 4.36. The van der Waals surface area contributed by atoms with Gasteiger partial charge < -0.3 is 9.42 Å². The highest BCUT2D eigenvalue weighted by molar-refractivity contribution is 5.77. The summed E-state index contributed by atoms with van der Waals surface area (Å²) in [6.45, 7) is 5.36. The van der Waals surface area contributed by atoms with Gasteiger partial charge in [-0.3, -0.25) is 9.69 Å². The number of benzene rings is 1. The number of hydrogen-bond donors (Lipinski definition) is 0. The lowest BCUT2D eigenvalue weighted by atomic mass is 9.83. The van der Waals surface area contributed by atoms with Crippen molar-refractivity contribution in [1.29, 1.82) is 0 Å². The van der Waals surface area contributed by atoms with E-state index in [2.05, 4.69) is 44.2 Å². The Morgan fingerprint density at radius 1 is 1.23 bits per heavy atom. The molecule has 0 aliphatic carbocycles. The number of amides is 1. The van der Waals surface area contributed by atoms with Gasteiger partial charge in [-0.25, -0.2) is 0 Å². The molecule has 2 aliphatic rings. The van der Waals surface area contributed by atoms with Gasteiger partial charge >= 0.3 is 0 Å². The largest absolute Gasteiger partial charge is 0.340 e. The number of hydrogen-bond acceptors (Lipinski definition) is 5. The second-order valence-corrected chi connectivity index (χ2v) is 7.44. The molecule has 2 atom stereocenters. The fraction of sp³-hybridized carbons (Fsp3) is 0.550. The van der Waals surface area contributed by atoms with Crippen LogP contribution in [0.5, 0.6) is 0 Å². The molecular formula is C20H26N4O2. The molecular weight excluding hydrogens is 328 g/mol. The van der Waals surface area contributed by atoms with E-state index in [0.29, 0.717) is 30.2 Å². The molecule has 2 aliphatic heterocycles. The Morgan fingerprint density at radius 2 is 2.08 bits per heavy atom. The quantitative estimate of drug-likeness (QED) is 0.825. The first-order valence-electron chi connectivity index (χ1n) is 9.54. The van der Waals surface area contributed by atoms with Crippen molar-refractivity contribution in [1.82, 2.24) is 19.9 Å². The molecule has 1 amide bonds. The van der Waals surface area contributed by atoms with E-state index >= 15 is 0 Å². The SMILES string of the molecule is Cc1nc(CN2CCC3C(CCC(=O)N3CCc3ccccc3)C2)no1. The highest BCUT2D eigenvalue weighted by Crippen LogP contribution is 2.31. The Labute approximate surface area is 154 Å². The smallest absolute Gasteiger partial charge is 0.223 e. The first-order chi connectivity index (χ1) is 12.7. The summed E-state index contributed by atoms with van der Waals surface area (Å²) in [7, 11) is 0. The zero-order valence-corrected chi connectivity index (χ0v) is 15.3. The second-order valence-electron chi connectivity index (χ2n) is 7.44. The Kier molecular flexibility index (Phi) is 5.02. The molecule has 4 rings (SSSR count). The number of rotatable bonds is 5. The maximum atomic E-state index is 12.5. The van der Waals surface area contributed by atoms with Crippen molar-refractivity contribution in [2.75, 3.05) is 19.6 Å². The van der Waals surface area contributed by atoms with Crippen LogP contribution in [0, 0.1) is 12.8 Å². The number of likely N-dealkylation sites (tertiary alicyclic amines) is 2. The van der Waals surface area contributed by atoms with Crippen LogP contribution in [0.15, 0.2) is 34.9 Å². The Hall–Kier alpha value is -2.21. The number of aromatic nitrogens is 2. The van der Waals surface area contributed by atoms with Crippen LogP contribution in [-0.4, -0.2) is 51.5 Å². The highest BCUT2D eigenvalue weighted by Gasteiger charge is 2.39. The van der Waals surface area contributed by atoms with Crippen LogP contribution in [0.2, 0.25) is 0 Å². The standard InChI is InChI=1S/C20H26N4O2/c1-15-21-19(22-26-15)14-23-11-10-18-17(13-23)7-8-20(25)24(18)12-9-16-5-3-2-4-6-16/h2-6,17-18H,7-14H2,1H3. The van der Waals surface area contributed by atoms with Crippen LogP contribution >= 0.6 is 0 Å². The molecule has 0 N–H and O–H groups in total. The molecule has 1 aromatic heterocycles. The number of carbonyl (C=O) groups is 1.